The molecular weight excluding hydrogens is 328 g/mol. The number of nitrogens with one attached hydrogen (secondary N) is 1. The van der Waals surface area contributed by atoms with E-state index in [1.807, 2.05) is 54.2 Å². The van der Waals surface area contributed by atoms with Gasteiger partial charge in [-0.2, -0.15) is 4.57 Å². The summed E-state index contributed by atoms with van der Waals surface area (Å²) in [6.07, 6.45) is 3.87. The minimum absolute atomic E-state index is 0.0681. The Balaban J connectivity index is 1.95. The molecule has 0 aliphatic rings. The number of rotatable bonds is 5. The van der Waals surface area contributed by atoms with E-state index < -0.39 is 12.0 Å². The highest BCUT2D eigenvalue weighted by Crippen LogP contribution is 2.22. The fourth-order valence-electron chi connectivity index (χ4n) is 3.24. The minimum atomic E-state index is -0.399. The Morgan fingerprint density at radius 3 is 2.54 bits per heavy atom. The maximum Gasteiger partial charge on any atom is 0.340 e. The van der Waals surface area contributed by atoms with E-state index in [0.717, 1.165) is 10.8 Å². The molecule has 2 aromatic heterocycles. The maximum absolute atomic E-state index is 13.0. The third kappa shape index (κ3) is 3.12. The summed E-state index contributed by atoms with van der Waals surface area (Å²) in [5, 5.41) is 2.20. The van der Waals surface area contributed by atoms with Crippen molar-refractivity contribution >= 4 is 22.5 Å². The molecule has 2 heterocycles. The number of hydrogen-bond donors (Lipinski definition) is 1. The third-order valence-corrected chi connectivity index (χ3v) is 4.70. The molecule has 0 aliphatic carbocycles. The lowest BCUT2D eigenvalue weighted by Gasteiger charge is -2.07. The number of benzene rings is 1. The molecule has 26 heavy (non-hydrogen) atoms. The topological polar surface area (TPSA) is 63.0 Å². The number of esters is 1. The normalized spacial score (nSPS) is 12.2. The standard InChI is InChI=1S/C21H22N2O3/c1-5-26-21(25)18-13(2)19(22-14(18)3)20(24)15(4)23-11-10-16-8-6-7-9-17(16)12-23/h6-12,15H,5H2,1-4H3/p+1/t15-/m0/s1. The first-order chi connectivity index (χ1) is 12.4. The summed E-state index contributed by atoms with van der Waals surface area (Å²) in [7, 11) is 0. The lowest BCUT2D eigenvalue weighted by molar-refractivity contribution is -0.703. The highest BCUT2D eigenvalue weighted by molar-refractivity contribution is 6.02. The van der Waals surface area contributed by atoms with Crippen molar-refractivity contribution in [2.45, 2.75) is 33.7 Å². The first-order valence-corrected chi connectivity index (χ1v) is 8.74. The number of Topliss-reactive ketones (excluding diaryl/α,β-unsaturated/α-hetero) is 1. The average molecular weight is 351 g/mol. The van der Waals surface area contributed by atoms with Crippen LogP contribution >= 0.6 is 0 Å². The van der Waals surface area contributed by atoms with Gasteiger partial charge in [-0.3, -0.25) is 4.79 Å². The van der Waals surface area contributed by atoms with Crippen molar-refractivity contribution < 1.29 is 18.9 Å². The smallest absolute Gasteiger partial charge is 0.340 e. The van der Waals surface area contributed by atoms with Crippen molar-refractivity contribution in [3.63, 3.8) is 0 Å². The van der Waals surface area contributed by atoms with E-state index in [9.17, 15) is 9.59 Å². The number of carbonyl (C=O) groups excluding carboxylic acids is 2. The number of ketones is 1. The Hall–Kier alpha value is -2.95. The molecule has 0 amide bonds. The number of hydrogen-bond acceptors (Lipinski definition) is 3. The zero-order valence-electron chi connectivity index (χ0n) is 15.5. The Morgan fingerprint density at radius 1 is 1.15 bits per heavy atom. The fourth-order valence-corrected chi connectivity index (χ4v) is 3.24. The number of ether oxygens (including phenoxy) is 1. The zero-order valence-corrected chi connectivity index (χ0v) is 15.5. The molecular formula is C21H23N2O3+. The second kappa shape index (κ2) is 7.12. The molecule has 0 bridgehead atoms. The van der Waals surface area contributed by atoms with Gasteiger partial charge in [0.15, 0.2) is 12.4 Å². The van der Waals surface area contributed by atoms with Crippen LogP contribution in [-0.2, 0) is 4.74 Å². The molecule has 1 N–H and O–H groups in total. The predicted molar refractivity (Wildman–Crippen MR) is 99.4 cm³/mol. The molecule has 0 radical (unpaired) electrons. The molecule has 0 fully saturated rings. The van der Waals surface area contributed by atoms with Gasteiger partial charge in [0, 0.05) is 24.1 Å². The highest BCUT2D eigenvalue weighted by atomic mass is 16.5. The van der Waals surface area contributed by atoms with Gasteiger partial charge in [0.25, 0.3) is 0 Å². The quantitative estimate of drug-likeness (QED) is 0.433. The number of H-pyrrole nitrogens is 1. The lowest BCUT2D eigenvalue weighted by atomic mass is 10.0. The van der Waals surface area contributed by atoms with Gasteiger partial charge in [-0.1, -0.05) is 18.2 Å². The summed E-state index contributed by atoms with van der Waals surface area (Å²) < 4.78 is 6.99. The molecule has 1 aromatic carbocycles. The van der Waals surface area contributed by atoms with E-state index in [0.29, 0.717) is 29.1 Å². The summed E-state index contributed by atoms with van der Waals surface area (Å²) in [5.74, 6) is -0.467. The molecule has 5 heteroatoms. The van der Waals surface area contributed by atoms with E-state index >= 15 is 0 Å². The highest BCUT2D eigenvalue weighted by Gasteiger charge is 2.30. The van der Waals surface area contributed by atoms with Crippen LogP contribution in [-0.4, -0.2) is 23.3 Å². The van der Waals surface area contributed by atoms with Crippen molar-refractivity contribution in [3.05, 3.63) is 65.2 Å². The van der Waals surface area contributed by atoms with E-state index in [1.165, 1.54) is 0 Å². The van der Waals surface area contributed by atoms with Crippen molar-refractivity contribution in [1.29, 1.82) is 0 Å². The molecule has 3 aromatic rings. The minimum Gasteiger partial charge on any atom is -0.462 e. The van der Waals surface area contributed by atoms with Gasteiger partial charge in [-0.25, -0.2) is 4.79 Å². The van der Waals surface area contributed by atoms with Gasteiger partial charge in [0.1, 0.15) is 0 Å². The Labute approximate surface area is 152 Å². The Kier molecular flexibility index (Phi) is 4.89. The van der Waals surface area contributed by atoms with Crippen molar-refractivity contribution in [1.82, 2.24) is 4.98 Å². The van der Waals surface area contributed by atoms with Crippen LogP contribution in [0.2, 0.25) is 0 Å². The molecule has 3 rings (SSSR count). The van der Waals surface area contributed by atoms with Gasteiger partial charge in [-0.15, -0.1) is 0 Å². The lowest BCUT2D eigenvalue weighted by Crippen LogP contribution is -2.42. The van der Waals surface area contributed by atoms with Crippen molar-refractivity contribution in [3.8, 4) is 0 Å². The van der Waals surface area contributed by atoms with Gasteiger partial charge < -0.3 is 9.72 Å². The van der Waals surface area contributed by atoms with E-state index in [-0.39, 0.29) is 5.78 Å². The number of aromatic nitrogens is 2. The summed E-state index contributed by atoms with van der Waals surface area (Å²) in [6, 6.07) is 9.62. The van der Waals surface area contributed by atoms with Crippen LogP contribution in [0.3, 0.4) is 0 Å². The maximum atomic E-state index is 13.0. The second-order valence-corrected chi connectivity index (χ2v) is 6.41. The molecule has 134 valence electrons. The molecule has 0 aliphatic heterocycles. The van der Waals surface area contributed by atoms with Crippen LogP contribution in [0.4, 0.5) is 0 Å². The van der Waals surface area contributed by atoms with Gasteiger partial charge in [-0.05, 0) is 37.8 Å². The molecule has 5 nitrogen and oxygen atoms in total. The van der Waals surface area contributed by atoms with E-state index in [1.54, 1.807) is 20.8 Å². The molecule has 1 atom stereocenters. The second-order valence-electron chi connectivity index (χ2n) is 6.41. The van der Waals surface area contributed by atoms with E-state index in [4.69, 9.17) is 4.74 Å². The van der Waals surface area contributed by atoms with Gasteiger partial charge in [0.2, 0.25) is 11.8 Å². The molecule has 0 spiro atoms. The number of fused-ring (bicyclic) bond motifs is 1. The van der Waals surface area contributed by atoms with Crippen LogP contribution in [0.15, 0.2) is 42.7 Å². The van der Waals surface area contributed by atoms with Crippen LogP contribution in [0.1, 0.15) is 52.0 Å². The number of carbonyl (C=O) groups is 2. The fraction of sp³-hybridized carbons (Fsp3) is 0.286. The van der Waals surface area contributed by atoms with Crippen LogP contribution in [0.25, 0.3) is 10.8 Å². The number of nitrogens with zero attached hydrogens (tertiary/aromatic N) is 1. The van der Waals surface area contributed by atoms with Crippen molar-refractivity contribution in [2.24, 2.45) is 0 Å². The number of aromatic amines is 1. The summed E-state index contributed by atoms with van der Waals surface area (Å²) in [4.78, 5) is 28.3. The number of pyridine rings is 1. The predicted octanol–water partition coefficient (Wildman–Crippen LogP) is 3.69. The average Bonchev–Trinajstić information content (AvgIpc) is 2.94. The first kappa shape index (κ1) is 17.9. The summed E-state index contributed by atoms with van der Waals surface area (Å²) in [6.45, 7) is 7.48. The summed E-state index contributed by atoms with van der Waals surface area (Å²) >= 11 is 0. The van der Waals surface area contributed by atoms with Crippen LogP contribution < -0.4 is 4.57 Å². The summed E-state index contributed by atoms with van der Waals surface area (Å²) in [5.41, 5.74) is 2.20. The van der Waals surface area contributed by atoms with Crippen LogP contribution in [0, 0.1) is 13.8 Å². The largest absolute Gasteiger partial charge is 0.462 e. The molecule has 0 unspecified atom stereocenters. The molecule has 0 saturated carbocycles. The molecule has 0 saturated heterocycles. The SMILES string of the molecule is CCOC(=O)c1c(C)[nH]c(C(=O)[C@H](C)[n+]2ccc3ccccc3c2)c1C. The van der Waals surface area contributed by atoms with Gasteiger partial charge in [0.05, 0.1) is 17.9 Å². The Morgan fingerprint density at radius 2 is 1.85 bits per heavy atom. The van der Waals surface area contributed by atoms with Crippen LogP contribution in [0.5, 0.6) is 0 Å². The monoisotopic (exact) mass is 351 g/mol. The van der Waals surface area contributed by atoms with Gasteiger partial charge >= 0.3 is 5.97 Å². The van der Waals surface area contributed by atoms with Crippen molar-refractivity contribution in [2.75, 3.05) is 6.61 Å². The zero-order chi connectivity index (χ0) is 18.8. The Bertz CT molecular complexity index is 988. The van der Waals surface area contributed by atoms with E-state index in [2.05, 4.69) is 4.98 Å². The number of aryl methyl sites for hydroxylation is 1. The third-order valence-electron chi connectivity index (χ3n) is 4.70. The first-order valence-electron chi connectivity index (χ1n) is 8.74.